The second-order valence-corrected chi connectivity index (χ2v) is 27.9. The van der Waals surface area contributed by atoms with E-state index in [1.54, 1.807) is 90.0 Å². The number of aromatic carboxylic acids is 1. The molecule has 672 valence electrons. The van der Waals surface area contributed by atoms with Gasteiger partial charge in [-0.05, 0) is 106 Å². The van der Waals surface area contributed by atoms with Gasteiger partial charge in [-0.1, -0.05) is 28.1 Å². The smallest absolute Gasteiger partial charge is 1.00 e. The molecule has 11 aromatic heterocycles. The van der Waals surface area contributed by atoms with Gasteiger partial charge in [-0.25, -0.2) is 83.6 Å². The van der Waals surface area contributed by atoms with E-state index in [9.17, 15) is 38.4 Å². The molecule has 4 aliphatic heterocycles. The number of nitrogens with two attached hydrogens (primary N) is 1. The van der Waals surface area contributed by atoms with Gasteiger partial charge in [0.25, 0.3) is 6.47 Å². The van der Waals surface area contributed by atoms with Gasteiger partial charge in [0.1, 0.15) is 28.9 Å². The number of rotatable bonds is 25. The number of alkyl halides is 1. The zero-order valence-corrected chi connectivity index (χ0v) is 87.2. The molecule has 41 nitrogen and oxygen atoms in total. The number of pyridine rings is 5. The standard InChI is InChI=1S/C15H18N4O2.C15H14N4O2.C14H16N4O2.C11H16N2O4.C9H12N2O3.C6H11BrO2.C6H6N2O.C5H6N2O2.CH2O3.ClH.2Cs.H/c2*1-21-15(20)13-9-19(10-17-13)8-6-12-5-4-11-3-2-7-16-14(11)18-12;19-14(20)12-8-18(9-16-12)7-5-11-4-3-10-2-1-6-15-13(10)17-11;1-11(16-5-6-17-11)3-4-13-7-9(12-8-13)10(14)15-2;1-7(12)3-4-11-5-8(10-6-11)9(13)14-2;1-6(2-3-7)8-4-5-9-6;7-6-5(4-9)2-1-3-8-6;1-9-5(8)4-2-6-3-7-4;2-1-4-3;;;;/h4-5,9-10H,2-3,6-8H2,1H3,(H,16,18);2-5,7,9-10H,6,8H2,1H3;3-4,8-9H,1-2,5-7H2,(H,15,17)(H,19,20);7-8H,3-6H2,1-2H3;5-6H,3-4H2,1-2H3;2-5H2,1H3;1-4H,(H2,7,8);2-3H,1H3,(H,6,7);1,3H;1H;;;/q;;;;;;;;;;2*+1;-1/p-1. The zero-order chi connectivity index (χ0) is 89.7. The number of carbonyl (C=O) groups excluding carboxylic acids is 8. The first-order valence-electron chi connectivity index (χ1n) is 38.7. The van der Waals surface area contributed by atoms with Gasteiger partial charge in [-0.2, -0.15) is 0 Å². The van der Waals surface area contributed by atoms with Crippen LogP contribution in [0.2, 0.25) is 0 Å². The van der Waals surface area contributed by atoms with Gasteiger partial charge in [0.05, 0.1) is 112 Å². The molecule has 11 aromatic rings. The molecule has 6 N–H and O–H groups in total. The van der Waals surface area contributed by atoms with E-state index in [2.05, 4.69) is 133 Å². The molecule has 127 heavy (non-hydrogen) atoms. The summed E-state index contributed by atoms with van der Waals surface area (Å²) in [6, 6.07) is 19.6. The minimum atomic E-state index is -1.00. The summed E-state index contributed by atoms with van der Waals surface area (Å²) in [6.07, 6.45) is 31.7. The van der Waals surface area contributed by atoms with Crippen molar-refractivity contribution in [2.75, 3.05) is 96.8 Å². The number of halogens is 2. The van der Waals surface area contributed by atoms with Gasteiger partial charge in [0.15, 0.2) is 52.0 Å². The van der Waals surface area contributed by atoms with Gasteiger partial charge in [0.2, 0.25) is 0 Å². The van der Waals surface area contributed by atoms with Crippen molar-refractivity contribution >= 4 is 111 Å². The molecule has 0 spiro atoms. The van der Waals surface area contributed by atoms with Crippen molar-refractivity contribution in [2.24, 2.45) is 0 Å². The average molecular weight is 2090 g/mol. The number of H-pyrrole nitrogens is 1. The SMILES string of the molecule is CC1(CCBr)OCCO1.COC(=O)c1cn(CCC(C)=O)cn1.COC(=O)c1cn(CCC2(C)OCCO2)cn1.COC(=O)c1cn(CCc2ccc3c(n2)NCCC3)cn1.COC(=O)c1cn(CCc2ccc3cccnc3n2)cn1.COC(=O)c1cnc[nH]1.Cl.Nc1ncccc1C=O.O=C(O)c1cn(CCc2ccc3c(n2)NCCC3)cn1.O=CO[O-].[Cs+].[Cs+].[H-]. The number of hydrogen-bond acceptors (Lipinski definition) is 34. The van der Waals surface area contributed by atoms with Crippen molar-refractivity contribution in [3.05, 3.63) is 216 Å². The molecule has 0 aromatic carbocycles. The fourth-order valence-corrected chi connectivity index (χ4v) is 12.2. The summed E-state index contributed by atoms with van der Waals surface area (Å²) in [5.41, 5.74) is 13.7. The predicted octanol–water partition coefficient (Wildman–Crippen LogP) is 1.75. The molecule has 15 rings (SSSR count). The third-order valence-corrected chi connectivity index (χ3v) is 18.5. The van der Waals surface area contributed by atoms with E-state index in [0.29, 0.717) is 86.9 Å². The molecule has 45 heteroatoms. The summed E-state index contributed by atoms with van der Waals surface area (Å²) in [4.78, 5) is 146. The van der Waals surface area contributed by atoms with Crippen molar-refractivity contribution in [3.63, 3.8) is 0 Å². The maximum atomic E-state index is 11.3. The fourth-order valence-electron chi connectivity index (χ4n) is 11.4. The van der Waals surface area contributed by atoms with Crippen LogP contribution in [0.3, 0.4) is 0 Å². The number of ketones is 1. The Balaban J connectivity index is 0.000000380. The minimum Gasteiger partial charge on any atom is -1.00 e. The summed E-state index contributed by atoms with van der Waals surface area (Å²) in [5, 5.41) is 25.9. The van der Waals surface area contributed by atoms with Crippen molar-refractivity contribution < 1.29 is 240 Å². The van der Waals surface area contributed by atoms with Crippen LogP contribution in [0.15, 0.2) is 148 Å². The number of anilines is 3. The number of carboxylic acids is 1. The number of aromatic amines is 1. The van der Waals surface area contributed by atoms with Gasteiger partial charge >= 0.3 is 174 Å². The molecule has 4 aliphatic rings. The van der Waals surface area contributed by atoms with E-state index in [-0.39, 0.29) is 187 Å². The molecule has 0 radical (unpaired) electrons. The molecule has 0 amide bonds. The number of nitrogens with zero attached hydrogens (tertiary/aromatic N) is 16. The monoisotopic (exact) mass is 2080 g/mol. The molecule has 0 aliphatic carbocycles. The van der Waals surface area contributed by atoms with Crippen LogP contribution in [0, 0.1) is 0 Å². The Bertz CT molecular complexity index is 5210. The Labute approximate surface area is 865 Å². The molecule has 0 saturated carbocycles. The maximum Gasteiger partial charge on any atom is 1.00 e. The van der Waals surface area contributed by atoms with Gasteiger partial charge in [-0.15, -0.1) is 12.4 Å². The van der Waals surface area contributed by atoms with E-state index >= 15 is 0 Å². The van der Waals surface area contributed by atoms with Crippen LogP contribution in [0.5, 0.6) is 0 Å². The second kappa shape index (κ2) is 60.0. The van der Waals surface area contributed by atoms with Crippen LogP contribution in [-0.2, 0) is 122 Å². The topological polar surface area (TPSA) is 522 Å². The summed E-state index contributed by atoms with van der Waals surface area (Å²) < 4.78 is 53.4. The van der Waals surface area contributed by atoms with E-state index in [0.717, 1.165) is 123 Å². The quantitative estimate of drug-likeness (QED) is 0.0136. The number of nitrogen functional groups attached to an aromatic ring is 1. The van der Waals surface area contributed by atoms with E-state index in [1.807, 2.05) is 57.9 Å². The number of Topliss-reactive ketones (excluding diaryl/α,β-unsaturated/α-hetero) is 1. The number of fused-ring (bicyclic) bond motifs is 3. The van der Waals surface area contributed by atoms with Crippen LogP contribution in [0.1, 0.15) is 156 Å². The minimum absolute atomic E-state index is 0. The summed E-state index contributed by atoms with van der Waals surface area (Å²) in [5.74, 6) is -1.55. The average Bonchev–Trinajstić information content (AvgIpc) is 1.83. The van der Waals surface area contributed by atoms with Crippen molar-refractivity contribution in [1.29, 1.82) is 0 Å². The van der Waals surface area contributed by atoms with E-state index in [1.165, 1.54) is 78.9 Å². The summed E-state index contributed by atoms with van der Waals surface area (Å²) in [6.45, 7) is 13.3. The van der Waals surface area contributed by atoms with Crippen LogP contribution >= 0.6 is 28.3 Å². The number of methoxy groups -OCH3 is 5. The molecule has 0 atom stereocenters. The zero-order valence-electron chi connectivity index (χ0n) is 73.2. The number of carboxylic acid groups (broad SMARTS) is 1. The fraction of sp³-hybridized carbons (Fsp3) is 0.390. The van der Waals surface area contributed by atoms with Gasteiger partial charge in [0, 0.05) is 156 Å². The summed E-state index contributed by atoms with van der Waals surface area (Å²) in [7, 11) is 6.65. The Morgan fingerprint density at radius 3 is 1.34 bits per heavy atom. The van der Waals surface area contributed by atoms with Crippen LogP contribution in [0.25, 0.3) is 11.0 Å². The number of carbonyl (C=O) groups is 9. The molecule has 2 saturated heterocycles. The van der Waals surface area contributed by atoms with Gasteiger partial charge in [-0.3, -0.25) is 14.4 Å². The molecule has 2 fully saturated rings. The number of ether oxygens (including phenoxy) is 9. The van der Waals surface area contributed by atoms with E-state index < -0.39 is 41.6 Å². The van der Waals surface area contributed by atoms with Gasteiger partial charge < -0.3 is 103 Å². The first-order chi connectivity index (χ1) is 59.9. The second-order valence-electron chi connectivity index (χ2n) is 27.1. The first kappa shape index (κ1) is 110. The summed E-state index contributed by atoms with van der Waals surface area (Å²) >= 11 is 3.33. The Morgan fingerprint density at radius 2 is 0.953 bits per heavy atom. The molecular formula is C82H102BrClCs2N20O21. The number of hydrogen-bond donors (Lipinski definition) is 5. The van der Waals surface area contributed by atoms with Crippen LogP contribution < -0.4 is 159 Å². The molecule has 0 unspecified atom stereocenters. The van der Waals surface area contributed by atoms with Crippen molar-refractivity contribution in [3.8, 4) is 0 Å². The normalized spacial score (nSPS) is 12.8. The Kier molecular flexibility index (Phi) is 52.1. The molecule has 0 bridgehead atoms. The van der Waals surface area contributed by atoms with Crippen molar-refractivity contribution in [2.45, 2.75) is 129 Å². The largest absolute Gasteiger partial charge is 1.00 e. The number of imidazole rings is 6. The molecule has 15 heterocycles. The predicted molar refractivity (Wildman–Crippen MR) is 455 cm³/mol. The third kappa shape index (κ3) is 39.1. The third-order valence-electron chi connectivity index (χ3n) is 18.1. The Hall–Kier alpha value is -9.03. The number of aryl methyl sites for hydroxylation is 10. The van der Waals surface area contributed by atoms with Crippen molar-refractivity contribution in [1.82, 2.24) is 82.6 Å². The van der Waals surface area contributed by atoms with Crippen LogP contribution in [0.4, 0.5) is 17.5 Å². The number of aldehydes is 1. The van der Waals surface area contributed by atoms with Crippen LogP contribution in [-0.4, -0.2) is 234 Å². The van der Waals surface area contributed by atoms with E-state index in [4.69, 9.17) is 39.8 Å². The maximum absolute atomic E-state index is 11.3. The number of aromatic nitrogens is 17. The first-order valence-corrected chi connectivity index (χ1v) is 39.9. The number of esters is 5. The Morgan fingerprint density at radius 1 is 0.551 bits per heavy atom. The number of nitrogens with one attached hydrogen (secondary N) is 3. The molecular weight excluding hydrogens is 1980 g/mol.